The van der Waals surface area contributed by atoms with Gasteiger partial charge in [0.25, 0.3) is 5.88 Å². The number of halogens is 3. The number of ether oxygens (including phenoxy) is 1. The number of hydrogen-bond donors (Lipinski definition) is 1. The van der Waals surface area contributed by atoms with Gasteiger partial charge in [-0.3, -0.25) is 0 Å². The zero-order chi connectivity index (χ0) is 14.0. The van der Waals surface area contributed by atoms with Crippen molar-refractivity contribution in [1.82, 2.24) is 9.97 Å². The molecule has 1 heterocycles. The lowest BCUT2D eigenvalue weighted by molar-refractivity contribution is 0.218. The number of anilines is 1. The van der Waals surface area contributed by atoms with Crippen LogP contribution in [0.25, 0.3) is 0 Å². The van der Waals surface area contributed by atoms with Gasteiger partial charge in [-0.15, -0.1) is 0 Å². The summed E-state index contributed by atoms with van der Waals surface area (Å²) in [7, 11) is 0. The summed E-state index contributed by atoms with van der Waals surface area (Å²) in [5, 5.41) is 0.226. The van der Waals surface area contributed by atoms with E-state index in [1.165, 1.54) is 24.5 Å². The van der Waals surface area contributed by atoms with Crippen molar-refractivity contribution in [3.05, 3.63) is 46.0 Å². The van der Waals surface area contributed by atoms with Crippen molar-refractivity contribution in [1.29, 1.82) is 0 Å². The first kappa shape index (κ1) is 13.8. The molecule has 0 fully saturated rings. The van der Waals surface area contributed by atoms with Gasteiger partial charge >= 0.3 is 0 Å². The molecule has 0 bridgehead atoms. The second-order valence-electron chi connectivity index (χ2n) is 3.76. The molecule has 0 radical (unpaired) electrons. The Kier molecular flexibility index (Phi) is 4.07. The molecule has 1 aromatic carbocycles. The first-order valence-corrected chi connectivity index (χ1v) is 6.13. The van der Waals surface area contributed by atoms with E-state index in [2.05, 4.69) is 9.97 Å². The lowest BCUT2D eigenvalue weighted by Crippen LogP contribution is -2.09. The summed E-state index contributed by atoms with van der Waals surface area (Å²) in [5.41, 5.74) is 5.96. The van der Waals surface area contributed by atoms with Crippen LogP contribution in [0.4, 0.5) is 10.2 Å². The van der Waals surface area contributed by atoms with E-state index in [0.29, 0.717) is 10.6 Å². The average Bonchev–Trinajstić information content (AvgIpc) is 2.37. The van der Waals surface area contributed by atoms with Crippen LogP contribution < -0.4 is 10.5 Å². The van der Waals surface area contributed by atoms with Crippen LogP contribution in [0.3, 0.4) is 0 Å². The fourth-order valence-electron chi connectivity index (χ4n) is 1.57. The number of nitrogen functional groups attached to an aromatic ring is 1. The Morgan fingerprint density at radius 2 is 1.95 bits per heavy atom. The Morgan fingerprint density at radius 3 is 2.63 bits per heavy atom. The Bertz CT molecular complexity index is 610. The summed E-state index contributed by atoms with van der Waals surface area (Å²) in [6.45, 7) is 1.67. The van der Waals surface area contributed by atoms with E-state index in [4.69, 9.17) is 33.7 Å². The van der Waals surface area contributed by atoms with Crippen molar-refractivity contribution in [2.45, 2.75) is 13.0 Å². The SMILES string of the molecule is C[C@@H](Oc1nccnc1N)c1c(Cl)ccc(F)c1Cl. The van der Waals surface area contributed by atoms with Gasteiger partial charge in [-0.25, -0.2) is 14.4 Å². The van der Waals surface area contributed by atoms with Crippen LogP contribution in [0.5, 0.6) is 5.88 Å². The molecule has 0 aliphatic heterocycles. The van der Waals surface area contributed by atoms with Crippen molar-refractivity contribution < 1.29 is 9.13 Å². The van der Waals surface area contributed by atoms with Gasteiger partial charge in [0.1, 0.15) is 11.9 Å². The highest BCUT2D eigenvalue weighted by molar-refractivity contribution is 6.36. The van der Waals surface area contributed by atoms with Crippen LogP contribution in [0, 0.1) is 5.82 Å². The summed E-state index contributed by atoms with van der Waals surface area (Å²) in [6, 6.07) is 2.61. The number of aromatic nitrogens is 2. The van der Waals surface area contributed by atoms with Crippen molar-refractivity contribution in [3.8, 4) is 5.88 Å². The molecular weight excluding hydrogens is 292 g/mol. The smallest absolute Gasteiger partial charge is 0.257 e. The Hall–Kier alpha value is -1.59. The highest BCUT2D eigenvalue weighted by Gasteiger charge is 2.19. The molecule has 0 unspecified atom stereocenters. The van der Waals surface area contributed by atoms with Crippen LogP contribution in [0.15, 0.2) is 24.5 Å². The lowest BCUT2D eigenvalue weighted by atomic mass is 10.1. The zero-order valence-electron chi connectivity index (χ0n) is 9.90. The zero-order valence-corrected chi connectivity index (χ0v) is 11.4. The normalized spacial score (nSPS) is 12.2. The van der Waals surface area contributed by atoms with Crippen LogP contribution in [-0.2, 0) is 0 Å². The molecule has 1 atom stereocenters. The molecule has 0 saturated carbocycles. The monoisotopic (exact) mass is 301 g/mol. The van der Waals surface area contributed by atoms with Crippen molar-refractivity contribution >= 4 is 29.0 Å². The van der Waals surface area contributed by atoms with Crippen LogP contribution in [-0.4, -0.2) is 9.97 Å². The number of benzene rings is 1. The lowest BCUT2D eigenvalue weighted by Gasteiger charge is -2.17. The molecule has 19 heavy (non-hydrogen) atoms. The first-order chi connectivity index (χ1) is 9.00. The van der Waals surface area contributed by atoms with E-state index in [9.17, 15) is 4.39 Å². The first-order valence-electron chi connectivity index (χ1n) is 5.37. The molecule has 4 nitrogen and oxygen atoms in total. The second-order valence-corrected chi connectivity index (χ2v) is 4.55. The van der Waals surface area contributed by atoms with Gasteiger partial charge in [0.15, 0.2) is 5.82 Å². The Balaban J connectivity index is 2.33. The van der Waals surface area contributed by atoms with Crippen LogP contribution >= 0.6 is 23.2 Å². The van der Waals surface area contributed by atoms with E-state index in [1.807, 2.05) is 0 Å². The van der Waals surface area contributed by atoms with E-state index in [0.717, 1.165) is 0 Å². The minimum absolute atomic E-state index is 0.0811. The van der Waals surface area contributed by atoms with E-state index in [1.54, 1.807) is 6.92 Å². The van der Waals surface area contributed by atoms with Gasteiger partial charge in [0.2, 0.25) is 0 Å². The molecule has 2 N–H and O–H groups in total. The molecule has 0 amide bonds. The van der Waals surface area contributed by atoms with E-state index >= 15 is 0 Å². The number of rotatable bonds is 3. The quantitative estimate of drug-likeness (QED) is 0.879. The van der Waals surface area contributed by atoms with Crippen LogP contribution in [0.2, 0.25) is 10.0 Å². The van der Waals surface area contributed by atoms with Gasteiger partial charge in [-0.2, -0.15) is 0 Å². The van der Waals surface area contributed by atoms with Crippen molar-refractivity contribution in [2.75, 3.05) is 5.73 Å². The number of nitrogens with two attached hydrogens (primary N) is 1. The third-order valence-corrected chi connectivity index (χ3v) is 3.18. The third-order valence-electron chi connectivity index (χ3n) is 2.47. The number of nitrogens with zero attached hydrogens (tertiary/aromatic N) is 2. The topological polar surface area (TPSA) is 61.0 Å². The summed E-state index contributed by atoms with van der Waals surface area (Å²) in [6.07, 6.45) is 2.26. The summed E-state index contributed by atoms with van der Waals surface area (Å²) >= 11 is 11.9. The maximum atomic E-state index is 13.4. The maximum absolute atomic E-state index is 13.4. The molecule has 0 spiro atoms. The molecule has 100 valence electrons. The van der Waals surface area contributed by atoms with Gasteiger partial charge in [0.05, 0.1) is 5.02 Å². The van der Waals surface area contributed by atoms with Gasteiger partial charge in [-0.1, -0.05) is 23.2 Å². The summed E-state index contributed by atoms with van der Waals surface area (Å²) in [4.78, 5) is 7.77. The second kappa shape index (κ2) is 5.59. The molecule has 0 aliphatic carbocycles. The standard InChI is InChI=1S/C12H10Cl2FN3O/c1-6(19-12-11(16)17-4-5-18-12)9-7(13)2-3-8(15)10(9)14/h2-6H,1H3,(H2,16,17)/t6-/m1/s1. The predicted molar refractivity (Wildman–Crippen MR) is 71.9 cm³/mol. The average molecular weight is 302 g/mol. The van der Waals surface area contributed by atoms with Crippen molar-refractivity contribution in [3.63, 3.8) is 0 Å². The van der Waals surface area contributed by atoms with Gasteiger partial charge < -0.3 is 10.5 Å². The molecule has 1 aromatic heterocycles. The molecule has 7 heteroatoms. The molecule has 2 rings (SSSR count). The number of hydrogen-bond acceptors (Lipinski definition) is 4. The van der Waals surface area contributed by atoms with Gasteiger partial charge in [0, 0.05) is 23.0 Å². The van der Waals surface area contributed by atoms with Crippen molar-refractivity contribution in [2.24, 2.45) is 0 Å². The highest BCUT2D eigenvalue weighted by atomic mass is 35.5. The molecule has 0 saturated heterocycles. The van der Waals surface area contributed by atoms with Gasteiger partial charge in [-0.05, 0) is 19.1 Å². The molecule has 0 aliphatic rings. The molecule has 2 aromatic rings. The van der Waals surface area contributed by atoms with E-state index in [-0.39, 0.29) is 16.7 Å². The Labute approximate surface area is 119 Å². The summed E-state index contributed by atoms with van der Waals surface area (Å²) < 4.78 is 19.0. The minimum atomic E-state index is -0.616. The highest BCUT2D eigenvalue weighted by Crippen LogP contribution is 2.34. The fourth-order valence-corrected chi connectivity index (χ4v) is 2.25. The maximum Gasteiger partial charge on any atom is 0.257 e. The minimum Gasteiger partial charge on any atom is -0.467 e. The van der Waals surface area contributed by atoms with Crippen LogP contribution in [0.1, 0.15) is 18.6 Å². The molecular formula is C12H10Cl2FN3O. The Morgan fingerprint density at radius 1 is 1.26 bits per heavy atom. The fraction of sp³-hybridized carbons (Fsp3) is 0.167. The third kappa shape index (κ3) is 2.88. The van der Waals surface area contributed by atoms with E-state index < -0.39 is 11.9 Å². The summed E-state index contributed by atoms with van der Waals surface area (Å²) in [5.74, 6) is -0.284. The largest absolute Gasteiger partial charge is 0.467 e. The predicted octanol–water partition coefficient (Wildman–Crippen LogP) is 3.64.